The van der Waals surface area contributed by atoms with Gasteiger partial charge >= 0.3 is 6.09 Å². The van der Waals surface area contributed by atoms with Gasteiger partial charge in [0.1, 0.15) is 12.2 Å². The van der Waals surface area contributed by atoms with Gasteiger partial charge in [0, 0.05) is 17.4 Å². The van der Waals surface area contributed by atoms with Gasteiger partial charge in [-0.1, -0.05) is 18.2 Å². The van der Waals surface area contributed by atoms with Crippen LogP contribution in [0.1, 0.15) is 17.3 Å². The largest absolute Gasteiger partial charge is 0.441 e. The molecule has 0 radical (unpaired) electrons. The molecule has 0 bridgehead atoms. The summed E-state index contributed by atoms with van der Waals surface area (Å²) in [5.74, 6) is 0.410. The number of benzene rings is 1. The van der Waals surface area contributed by atoms with Crippen LogP contribution in [-0.2, 0) is 14.2 Å². The zero-order valence-corrected chi connectivity index (χ0v) is 18.6. The highest BCUT2D eigenvalue weighted by Crippen LogP contribution is 2.31. The van der Waals surface area contributed by atoms with Crippen LogP contribution in [0, 0.1) is 0 Å². The van der Waals surface area contributed by atoms with Gasteiger partial charge in [0.05, 0.1) is 29.8 Å². The smallest absolute Gasteiger partial charge is 0.412 e. The van der Waals surface area contributed by atoms with Crippen molar-refractivity contribution < 1.29 is 23.8 Å². The molecule has 0 aliphatic carbocycles. The van der Waals surface area contributed by atoms with Crippen LogP contribution in [-0.4, -0.2) is 59.4 Å². The molecule has 170 valence electrons. The van der Waals surface area contributed by atoms with Gasteiger partial charge in [0.15, 0.2) is 11.9 Å². The molecule has 2 aliphatic rings. The molecule has 0 unspecified atom stereocenters. The Hall–Kier alpha value is -3.34. The molecule has 3 aromatic rings. The van der Waals surface area contributed by atoms with Crippen LogP contribution < -0.4 is 10.6 Å². The van der Waals surface area contributed by atoms with Crippen molar-refractivity contribution in [2.24, 2.45) is 0 Å². The molecule has 5 rings (SSSR count). The summed E-state index contributed by atoms with van der Waals surface area (Å²) in [5.41, 5.74) is 1.84. The number of carbonyl (C=O) groups is 2. The third kappa shape index (κ3) is 4.72. The van der Waals surface area contributed by atoms with Gasteiger partial charge in [-0.05, 0) is 36.6 Å². The van der Waals surface area contributed by atoms with Gasteiger partial charge < -0.3 is 19.5 Å². The van der Waals surface area contributed by atoms with E-state index in [1.54, 1.807) is 41.8 Å². The minimum atomic E-state index is -0.628. The fourth-order valence-corrected chi connectivity index (χ4v) is 4.64. The van der Waals surface area contributed by atoms with Gasteiger partial charge in [-0.2, -0.15) is 0 Å². The summed E-state index contributed by atoms with van der Waals surface area (Å²) in [5, 5.41) is 7.95. The van der Waals surface area contributed by atoms with E-state index < -0.39 is 18.3 Å². The Morgan fingerprint density at radius 2 is 2.00 bits per heavy atom. The predicted molar refractivity (Wildman–Crippen MR) is 123 cm³/mol. The average Bonchev–Trinajstić information content (AvgIpc) is 3.55. The zero-order chi connectivity index (χ0) is 22.8. The molecule has 4 heterocycles. The van der Waals surface area contributed by atoms with Crippen molar-refractivity contribution >= 4 is 34.8 Å². The molecule has 1 amide bonds. The normalized spacial score (nSPS) is 23.7. The van der Waals surface area contributed by atoms with Crippen molar-refractivity contribution in [1.82, 2.24) is 9.97 Å². The maximum Gasteiger partial charge on any atom is 0.412 e. The number of thiophene rings is 1. The topological polar surface area (TPSA) is 112 Å². The lowest BCUT2D eigenvalue weighted by molar-refractivity contribution is 0.00916. The van der Waals surface area contributed by atoms with Crippen LogP contribution in [0.2, 0.25) is 0 Å². The molecular weight excluding hydrogens is 444 g/mol. The van der Waals surface area contributed by atoms with Gasteiger partial charge in [-0.15, -0.1) is 11.3 Å². The minimum absolute atomic E-state index is 0.0816. The van der Waals surface area contributed by atoms with Crippen molar-refractivity contribution in [3.63, 3.8) is 0 Å². The van der Waals surface area contributed by atoms with Crippen LogP contribution in [0.3, 0.4) is 0 Å². The number of Topliss-reactive ketones (excluding diaryl/α,β-unsaturated/α-hetero) is 1. The Bertz CT molecular complexity index is 1160. The van der Waals surface area contributed by atoms with Crippen LogP contribution >= 0.6 is 11.3 Å². The number of nitrogens with one attached hydrogen (secondary N) is 2. The monoisotopic (exact) mass is 466 g/mol. The number of anilines is 2. The van der Waals surface area contributed by atoms with Crippen molar-refractivity contribution in [1.29, 1.82) is 0 Å². The van der Waals surface area contributed by atoms with E-state index in [1.165, 1.54) is 6.92 Å². The summed E-state index contributed by atoms with van der Waals surface area (Å²) in [6.07, 6.45) is -0.145. The molecule has 10 heteroatoms. The summed E-state index contributed by atoms with van der Waals surface area (Å²) < 4.78 is 17.3. The molecule has 4 atom stereocenters. The molecule has 1 aromatic carbocycles. The average molecular weight is 467 g/mol. The Morgan fingerprint density at radius 1 is 1.12 bits per heavy atom. The molecule has 2 aromatic heterocycles. The van der Waals surface area contributed by atoms with E-state index in [0.29, 0.717) is 23.8 Å². The van der Waals surface area contributed by atoms with Gasteiger partial charge in [-0.25, -0.2) is 14.8 Å². The van der Waals surface area contributed by atoms with Crippen molar-refractivity contribution in [2.75, 3.05) is 23.8 Å². The van der Waals surface area contributed by atoms with Crippen LogP contribution in [0.5, 0.6) is 0 Å². The number of rotatable bonds is 6. The van der Waals surface area contributed by atoms with E-state index in [-0.39, 0.29) is 24.5 Å². The Kier molecular flexibility index (Phi) is 6.03. The van der Waals surface area contributed by atoms with Crippen LogP contribution in [0.4, 0.5) is 16.4 Å². The van der Waals surface area contributed by atoms with Crippen LogP contribution in [0.25, 0.3) is 10.6 Å². The van der Waals surface area contributed by atoms with Crippen molar-refractivity contribution in [2.45, 2.75) is 31.3 Å². The molecule has 2 fully saturated rings. The number of hydrogen-bond donors (Lipinski definition) is 2. The molecule has 9 nitrogen and oxygen atoms in total. The SMILES string of the molecule is CC(=O)c1cccc(NC(=O)O[C@@H]2CO[C@H]3[C@@H]2OC[C@@H]3Nc2nccc(-c3cccs3)n2)c1. The standard InChI is InChI=1S/C23H22N4O5S/c1-13(28)14-4-2-5-15(10-14)25-23(29)32-18-12-31-20-17(11-30-21(18)20)27-22-24-8-7-16(26-22)19-6-3-9-33-19/h2-10,17-18,20-21H,11-12H2,1H3,(H,25,29)(H,24,26,27)/t17-,18+,20+,21+/m0/s1. The number of hydrogen-bond acceptors (Lipinski definition) is 9. The Balaban J connectivity index is 1.19. The Labute approximate surface area is 194 Å². The first-order chi connectivity index (χ1) is 16.1. The fourth-order valence-electron chi connectivity index (χ4n) is 3.95. The van der Waals surface area contributed by atoms with Gasteiger partial charge in [-0.3, -0.25) is 10.1 Å². The van der Waals surface area contributed by atoms with E-state index >= 15 is 0 Å². The summed E-state index contributed by atoms with van der Waals surface area (Å²) in [7, 11) is 0. The Morgan fingerprint density at radius 3 is 2.82 bits per heavy atom. The highest BCUT2D eigenvalue weighted by molar-refractivity contribution is 7.13. The lowest BCUT2D eigenvalue weighted by Crippen LogP contribution is -2.38. The van der Waals surface area contributed by atoms with Crippen molar-refractivity contribution in [3.8, 4) is 10.6 Å². The number of nitrogens with zero attached hydrogens (tertiary/aromatic N) is 2. The second kappa shape index (κ2) is 9.26. The number of carbonyl (C=O) groups excluding carboxylic acids is 2. The van der Waals surface area contributed by atoms with E-state index in [0.717, 1.165) is 10.6 Å². The second-order valence-corrected chi connectivity index (χ2v) is 8.74. The number of amides is 1. The maximum absolute atomic E-state index is 12.4. The van der Waals surface area contributed by atoms with Crippen molar-refractivity contribution in [3.05, 3.63) is 59.6 Å². The maximum atomic E-state index is 12.4. The number of aromatic nitrogens is 2. The molecule has 33 heavy (non-hydrogen) atoms. The second-order valence-electron chi connectivity index (χ2n) is 7.80. The highest BCUT2D eigenvalue weighted by atomic mass is 32.1. The summed E-state index contributed by atoms with van der Waals surface area (Å²) in [6.45, 7) is 2.08. The zero-order valence-electron chi connectivity index (χ0n) is 17.8. The third-order valence-electron chi connectivity index (χ3n) is 5.53. The number of ether oxygens (including phenoxy) is 3. The van der Waals surface area contributed by atoms with Gasteiger partial charge in [0.25, 0.3) is 0 Å². The number of fused-ring (bicyclic) bond motifs is 1. The predicted octanol–water partition coefficient (Wildman–Crippen LogP) is 3.60. The summed E-state index contributed by atoms with van der Waals surface area (Å²) >= 11 is 1.61. The number of ketones is 1. The first-order valence-electron chi connectivity index (χ1n) is 10.5. The molecular formula is C23H22N4O5S. The third-order valence-corrected chi connectivity index (χ3v) is 6.42. The van der Waals surface area contributed by atoms with E-state index in [9.17, 15) is 9.59 Å². The lowest BCUT2D eigenvalue weighted by Gasteiger charge is -2.18. The summed E-state index contributed by atoms with van der Waals surface area (Å²) in [4.78, 5) is 33.9. The van der Waals surface area contributed by atoms with E-state index in [4.69, 9.17) is 14.2 Å². The first kappa shape index (κ1) is 21.5. The fraction of sp³-hybridized carbons (Fsp3) is 0.304. The molecule has 0 saturated carbocycles. The quantitative estimate of drug-likeness (QED) is 0.530. The van der Waals surface area contributed by atoms with Gasteiger partial charge in [0.2, 0.25) is 5.95 Å². The lowest BCUT2D eigenvalue weighted by atomic mass is 10.1. The molecule has 2 aliphatic heterocycles. The van der Waals surface area contributed by atoms with E-state index in [1.807, 2.05) is 23.6 Å². The summed E-state index contributed by atoms with van der Waals surface area (Å²) in [6, 6.07) is 12.4. The minimum Gasteiger partial charge on any atom is -0.441 e. The highest BCUT2D eigenvalue weighted by Gasteiger charge is 2.49. The van der Waals surface area contributed by atoms with E-state index in [2.05, 4.69) is 20.6 Å². The molecule has 0 spiro atoms. The van der Waals surface area contributed by atoms with Crippen LogP contribution in [0.15, 0.2) is 54.0 Å². The first-order valence-corrected chi connectivity index (χ1v) is 11.4. The molecule has 2 N–H and O–H groups in total. The molecule has 2 saturated heterocycles.